The third-order valence-corrected chi connectivity index (χ3v) is 5.48. The van der Waals surface area contributed by atoms with Gasteiger partial charge < -0.3 is 15.5 Å². The van der Waals surface area contributed by atoms with Gasteiger partial charge in [-0.3, -0.25) is 0 Å². The predicted molar refractivity (Wildman–Crippen MR) is 115 cm³/mol. The van der Waals surface area contributed by atoms with E-state index < -0.39 is 11.8 Å². The first kappa shape index (κ1) is 18.7. The number of rotatable bonds is 3. The molecule has 0 saturated carbocycles. The summed E-state index contributed by atoms with van der Waals surface area (Å²) in [5.41, 5.74) is 1.33. The maximum Gasteiger partial charge on any atom is 0.323 e. The quantitative estimate of drug-likeness (QED) is 0.540. The van der Waals surface area contributed by atoms with E-state index in [1.807, 2.05) is 30.3 Å². The number of aromatic nitrogens is 1. The van der Waals surface area contributed by atoms with Crippen LogP contribution in [-0.2, 0) is 0 Å². The highest BCUT2D eigenvalue weighted by Crippen LogP contribution is 2.26. The SMILES string of the molecule is O=C(Nc1cc(F)c2nc(N3CCCCC3)ccc2c1)Nc1ccccc1Br. The lowest BCUT2D eigenvalue weighted by Crippen LogP contribution is -2.30. The van der Waals surface area contributed by atoms with Crippen molar-refractivity contribution in [2.75, 3.05) is 28.6 Å². The standard InChI is InChI=1S/C21H20BrFN4O/c22-16-6-2-3-7-18(16)25-21(28)24-15-12-14-8-9-19(26-20(14)17(23)13-15)27-10-4-1-5-11-27/h2-3,6-9,12-13H,1,4-5,10-11H2,(H2,24,25,28). The molecule has 2 aromatic carbocycles. The van der Waals surface area contributed by atoms with Gasteiger partial charge in [0.1, 0.15) is 11.3 Å². The van der Waals surface area contributed by atoms with Gasteiger partial charge in [-0.15, -0.1) is 0 Å². The smallest absolute Gasteiger partial charge is 0.323 e. The number of carbonyl (C=O) groups excluding carboxylic acids is 1. The highest BCUT2D eigenvalue weighted by atomic mass is 79.9. The lowest BCUT2D eigenvalue weighted by atomic mass is 10.1. The molecule has 1 aromatic heterocycles. The highest BCUT2D eigenvalue weighted by Gasteiger charge is 2.15. The van der Waals surface area contributed by atoms with Crippen LogP contribution < -0.4 is 15.5 Å². The monoisotopic (exact) mass is 442 g/mol. The average molecular weight is 443 g/mol. The van der Waals surface area contributed by atoms with Gasteiger partial charge in [0.05, 0.1) is 5.69 Å². The van der Waals surface area contributed by atoms with Gasteiger partial charge in [-0.1, -0.05) is 12.1 Å². The van der Waals surface area contributed by atoms with Crippen LogP contribution in [0.15, 0.2) is 53.0 Å². The van der Waals surface area contributed by atoms with Crippen LogP contribution in [0.3, 0.4) is 0 Å². The molecule has 4 rings (SSSR count). The fraction of sp³-hybridized carbons (Fsp3) is 0.238. The summed E-state index contributed by atoms with van der Waals surface area (Å²) >= 11 is 3.38. The maximum atomic E-state index is 14.7. The molecule has 0 spiro atoms. The van der Waals surface area contributed by atoms with E-state index in [0.29, 0.717) is 22.3 Å². The molecule has 1 aliphatic rings. The normalized spacial score (nSPS) is 14.1. The Kier molecular flexibility index (Phi) is 5.43. The molecule has 1 aliphatic heterocycles. The predicted octanol–water partition coefficient (Wildman–Crippen LogP) is 5.77. The van der Waals surface area contributed by atoms with E-state index in [1.54, 1.807) is 12.1 Å². The summed E-state index contributed by atoms with van der Waals surface area (Å²) in [6, 6.07) is 13.6. The highest BCUT2D eigenvalue weighted by molar-refractivity contribution is 9.10. The fourth-order valence-electron chi connectivity index (χ4n) is 3.40. The van der Waals surface area contributed by atoms with Crippen molar-refractivity contribution in [3.8, 4) is 0 Å². The number of urea groups is 1. The zero-order valence-corrected chi connectivity index (χ0v) is 16.8. The molecular weight excluding hydrogens is 423 g/mol. The third-order valence-electron chi connectivity index (χ3n) is 4.79. The fourth-order valence-corrected chi connectivity index (χ4v) is 3.78. The van der Waals surface area contributed by atoms with Gasteiger partial charge in [0.2, 0.25) is 0 Å². The van der Waals surface area contributed by atoms with Crippen molar-refractivity contribution < 1.29 is 9.18 Å². The molecule has 0 bridgehead atoms. The largest absolute Gasteiger partial charge is 0.357 e. The molecule has 0 unspecified atom stereocenters. The van der Waals surface area contributed by atoms with Crippen LogP contribution in [0, 0.1) is 5.82 Å². The Morgan fingerprint density at radius 2 is 1.82 bits per heavy atom. The first-order valence-corrected chi connectivity index (χ1v) is 10.1. The molecule has 7 heteroatoms. The molecule has 2 amide bonds. The lowest BCUT2D eigenvalue weighted by molar-refractivity contribution is 0.262. The summed E-state index contributed by atoms with van der Waals surface area (Å²) in [5, 5.41) is 6.07. The van der Waals surface area contributed by atoms with Crippen molar-refractivity contribution in [2.24, 2.45) is 0 Å². The molecule has 1 saturated heterocycles. The number of carbonyl (C=O) groups is 1. The van der Waals surface area contributed by atoms with E-state index in [1.165, 1.54) is 12.5 Å². The number of halogens is 2. The Hall–Kier alpha value is -2.67. The van der Waals surface area contributed by atoms with Crippen LogP contribution in [0.1, 0.15) is 19.3 Å². The van der Waals surface area contributed by atoms with Gasteiger partial charge >= 0.3 is 6.03 Å². The minimum atomic E-state index is -0.451. The zero-order chi connectivity index (χ0) is 19.5. The number of hydrogen-bond acceptors (Lipinski definition) is 3. The molecule has 28 heavy (non-hydrogen) atoms. The molecule has 2 heterocycles. The summed E-state index contributed by atoms with van der Waals surface area (Å²) < 4.78 is 15.4. The topological polar surface area (TPSA) is 57.3 Å². The number of anilines is 3. The number of fused-ring (bicyclic) bond motifs is 1. The van der Waals surface area contributed by atoms with Gasteiger partial charge in [-0.25, -0.2) is 14.2 Å². The Bertz CT molecular complexity index is 1020. The van der Waals surface area contributed by atoms with E-state index in [2.05, 4.69) is 36.4 Å². The van der Waals surface area contributed by atoms with E-state index in [4.69, 9.17) is 0 Å². The summed E-state index contributed by atoms with van der Waals surface area (Å²) in [7, 11) is 0. The summed E-state index contributed by atoms with van der Waals surface area (Å²) in [6.45, 7) is 1.91. The summed E-state index contributed by atoms with van der Waals surface area (Å²) in [4.78, 5) is 19.0. The lowest BCUT2D eigenvalue weighted by Gasteiger charge is -2.27. The van der Waals surface area contributed by atoms with Crippen LogP contribution in [0.5, 0.6) is 0 Å². The van der Waals surface area contributed by atoms with Crippen LogP contribution in [-0.4, -0.2) is 24.1 Å². The minimum absolute atomic E-state index is 0.319. The number of hydrogen-bond donors (Lipinski definition) is 2. The van der Waals surface area contributed by atoms with Crippen molar-refractivity contribution in [3.63, 3.8) is 0 Å². The molecule has 144 valence electrons. The van der Waals surface area contributed by atoms with E-state index in [0.717, 1.165) is 36.2 Å². The number of nitrogens with zero attached hydrogens (tertiary/aromatic N) is 2. The van der Waals surface area contributed by atoms with Crippen LogP contribution in [0.2, 0.25) is 0 Å². The Morgan fingerprint density at radius 1 is 1.04 bits per heavy atom. The second kappa shape index (κ2) is 8.14. The van der Waals surface area contributed by atoms with Gasteiger partial charge in [0, 0.05) is 28.6 Å². The maximum absolute atomic E-state index is 14.7. The number of piperidine rings is 1. The number of amides is 2. The first-order valence-electron chi connectivity index (χ1n) is 9.28. The Labute approximate surface area is 171 Å². The van der Waals surface area contributed by atoms with Gasteiger partial charge in [-0.05, 0) is 71.6 Å². The van der Waals surface area contributed by atoms with Crippen molar-refractivity contribution in [2.45, 2.75) is 19.3 Å². The molecule has 1 fully saturated rings. The number of pyridine rings is 1. The molecule has 0 aliphatic carbocycles. The van der Waals surface area contributed by atoms with E-state index in [-0.39, 0.29) is 0 Å². The van der Waals surface area contributed by atoms with Gasteiger partial charge in [-0.2, -0.15) is 0 Å². The Morgan fingerprint density at radius 3 is 2.61 bits per heavy atom. The van der Waals surface area contributed by atoms with Gasteiger partial charge in [0.25, 0.3) is 0 Å². The van der Waals surface area contributed by atoms with Gasteiger partial charge in [0.15, 0.2) is 5.82 Å². The minimum Gasteiger partial charge on any atom is -0.357 e. The summed E-state index contributed by atoms with van der Waals surface area (Å²) in [5.74, 6) is 0.353. The average Bonchev–Trinajstić information content (AvgIpc) is 2.70. The number of nitrogens with one attached hydrogen (secondary N) is 2. The molecule has 0 atom stereocenters. The molecule has 0 radical (unpaired) electrons. The van der Waals surface area contributed by atoms with Crippen molar-refractivity contribution in [3.05, 3.63) is 58.8 Å². The van der Waals surface area contributed by atoms with E-state index >= 15 is 0 Å². The van der Waals surface area contributed by atoms with Crippen molar-refractivity contribution in [1.82, 2.24) is 4.98 Å². The molecule has 5 nitrogen and oxygen atoms in total. The molecule has 3 aromatic rings. The second-order valence-corrected chi connectivity index (χ2v) is 7.66. The third kappa shape index (κ3) is 4.09. The van der Waals surface area contributed by atoms with Crippen LogP contribution in [0.25, 0.3) is 10.9 Å². The second-order valence-electron chi connectivity index (χ2n) is 6.81. The summed E-state index contributed by atoms with van der Waals surface area (Å²) in [6.07, 6.45) is 3.50. The molecule has 2 N–H and O–H groups in total. The molecular formula is C21H20BrFN4O. The van der Waals surface area contributed by atoms with Crippen LogP contribution >= 0.6 is 15.9 Å². The zero-order valence-electron chi connectivity index (χ0n) is 15.2. The van der Waals surface area contributed by atoms with Crippen LogP contribution in [0.4, 0.5) is 26.4 Å². The van der Waals surface area contributed by atoms with Crippen molar-refractivity contribution in [1.29, 1.82) is 0 Å². The number of benzene rings is 2. The van der Waals surface area contributed by atoms with E-state index in [9.17, 15) is 9.18 Å². The number of para-hydroxylation sites is 1. The first-order chi connectivity index (χ1) is 13.6. The van der Waals surface area contributed by atoms with Crippen molar-refractivity contribution >= 4 is 50.1 Å². The Balaban J connectivity index is 1.53.